The van der Waals surface area contributed by atoms with Gasteiger partial charge in [-0.2, -0.15) is 0 Å². The molecule has 3 rings (SSSR count). The zero-order valence-corrected chi connectivity index (χ0v) is 13.0. The number of nitrogens with zero attached hydrogens (tertiary/aromatic N) is 2. The standard InChI is InChI=1S/C16H30N2O/c1-14(2)19-13-16(4-5-16)12-18-9-7-15(11-18)6-8-17(3)10-15/h14H,4-13H2,1-3H3. The molecule has 1 atom stereocenters. The molecule has 0 radical (unpaired) electrons. The lowest BCUT2D eigenvalue weighted by atomic mass is 9.86. The van der Waals surface area contributed by atoms with Gasteiger partial charge in [-0.15, -0.1) is 0 Å². The molecule has 0 amide bonds. The molecule has 110 valence electrons. The summed E-state index contributed by atoms with van der Waals surface area (Å²) in [5.74, 6) is 0. The van der Waals surface area contributed by atoms with E-state index in [2.05, 4.69) is 30.7 Å². The van der Waals surface area contributed by atoms with Crippen LogP contribution in [0.3, 0.4) is 0 Å². The molecule has 0 N–H and O–H groups in total. The molecular formula is C16H30N2O. The van der Waals surface area contributed by atoms with Gasteiger partial charge in [-0.3, -0.25) is 0 Å². The van der Waals surface area contributed by atoms with E-state index >= 15 is 0 Å². The summed E-state index contributed by atoms with van der Waals surface area (Å²) in [6.45, 7) is 11.8. The van der Waals surface area contributed by atoms with Gasteiger partial charge in [0.05, 0.1) is 12.7 Å². The number of rotatable bonds is 5. The summed E-state index contributed by atoms with van der Waals surface area (Å²) in [5, 5.41) is 0. The number of hydrogen-bond acceptors (Lipinski definition) is 3. The highest BCUT2D eigenvalue weighted by molar-refractivity contribution is 5.01. The summed E-state index contributed by atoms with van der Waals surface area (Å²) in [4.78, 5) is 5.24. The van der Waals surface area contributed by atoms with Gasteiger partial charge in [0.2, 0.25) is 0 Å². The Morgan fingerprint density at radius 2 is 1.79 bits per heavy atom. The maximum Gasteiger partial charge on any atom is 0.0538 e. The van der Waals surface area contributed by atoms with E-state index < -0.39 is 0 Å². The van der Waals surface area contributed by atoms with E-state index in [9.17, 15) is 0 Å². The molecule has 2 heterocycles. The van der Waals surface area contributed by atoms with E-state index in [1.807, 2.05) is 0 Å². The van der Waals surface area contributed by atoms with Crippen LogP contribution in [-0.4, -0.2) is 62.3 Å². The minimum Gasteiger partial charge on any atom is -0.378 e. The zero-order valence-electron chi connectivity index (χ0n) is 13.0. The lowest BCUT2D eigenvalue weighted by Crippen LogP contribution is -2.34. The van der Waals surface area contributed by atoms with Crippen LogP contribution in [0.1, 0.15) is 39.5 Å². The minimum absolute atomic E-state index is 0.380. The van der Waals surface area contributed by atoms with Crippen LogP contribution in [0.25, 0.3) is 0 Å². The van der Waals surface area contributed by atoms with Crippen molar-refractivity contribution in [3.8, 4) is 0 Å². The third-order valence-corrected chi connectivity index (χ3v) is 5.39. The quantitative estimate of drug-likeness (QED) is 0.759. The molecule has 1 unspecified atom stereocenters. The highest BCUT2D eigenvalue weighted by Crippen LogP contribution is 2.48. The zero-order chi connectivity index (χ0) is 13.5. The van der Waals surface area contributed by atoms with Crippen LogP contribution in [0.5, 0.6) is 0 Å². The number of ether oxygens (including phenoxy) is 1. The van der Waals surface area contributed by atoms with E-state index in [-0.39, 0.29) is 0 Å². The normalized spacial score (nSPS) is 34.7. The third kappa shape index (κ3) is 3.14. The Kier molecular flexibility index (Phi) is 3.65. The van der Waals surface area contributed by atoms with Crippen molar-refractivity contribution in [3.05, 3.63) is 0 Å². The lowest BCUT2D eigenvalue weighted by Gasteiger charge is -2.27. The number of likely N-dealkylation sites (tertiary alicyclic amines) is 2. The van der Waals surface area contributed by atoms with Gasteiger partial charge in [0.15, 0.2) is 0 Å². The Balaban J connectivity index is 1.49. The molecule has 3 aliphatic rings. The van der Waals surface area contributed by atoms with Crippen LogP contribution in [0.2, 0.25) is 0 Å². The average Bonchev–Trinajstić information content (AvgIpc) is 2.86. The molecule has 2 aliphatic heterocycles. The maximum atomic E-state index is 5.88. The minimum atomic E-state index is 0.380. The molecule has 2 saturated heterocycles. The Bertz CT molecular complexity index is 327. The molecule has 1 saturated carbocycles. The predicted molar refractivity (Wildman–Crippen MR) is 78.4 cm³/mol. The van der Waals surface area contributed by atoms with Crippen molar-refractivity contribution in [2.45, 2.75) is 45.6 Å². The van der Waals surface area contributed by atoms with Crippen molar-refractivity contribution in [3.63, 3.8) is 0 Å². The molecule has 1 spiro atoms. The summed E-state index contributed by atoms with van der Waals surface area (Å²) in [6.07, 6.45) is 5.96. The second-order valence-electron chi connectivity index (χ2n) is 7.81. The summed E-state index contributed by atoms with van der Waals surface area (Å²) >= 11 is 0. The predicted octanol–water partition coefficient (Wildman–Crippen LogP) is 2.22. The Morgan fingerprint density at radius 3 is 2.37 bits per heavy atom. The van der Waals surface area contributed by atoms with E-state index in [1.165, 1.54) is 58.4 Å². The van der Waals surface area contributed by atoms with Crippen molar-refractivity contribution in [2.24, 2.45) is 10.8 Å². The van der Waals surface area contributed by atoms with Crippen LogP contribution < -0.4 is 0 Å². The summed E-state index contributed by atoms with van der Waals surface area (Å²) in [7, 11) is 2.27. The van der Waals surface area contributed by atoms with Gasteiger partial charge in [-0.1, -0.05) is 0 Å². The van der Waals surface area contributed by atoms with Crippen LogP contribution in [-0.2, 0) is 4.74 Å². The van der Waals surface area contributed by atoms with Gasteiger partial charge in [-0.05, 0) is 65.1 Å². The summed E-state index contributed by atoms with van der Waals surface area (Å²) in [5.41, 5.74) is 1.14. The molecule has 0 aromatic carbocycles. The molecule has 1 aliphatic carbocycles. The van der Waals surface area contributed by atoms with Gasteiger partial charge in [0.25, 0.3) is 0 Å². The van der Waals surface area contributed by atoms with Gasteiger partial charge >= 0.3 is 0 Å². The van der Waals surface area contributed by atoms with E-state index in [4.69, 9.17) is 4.74 Å². The average molecular weight is 266 g/mol. The monoisotopic (exact) mass is 266 g/mol. The van der Waals surface area contributed by atoms with E-state index in [0.717, 1.165) is 6.61 Å². The molecule has 0 aromatic rings. The highest BCUT2D eigenvalue weighted by Gasteiger charge is 2.48. The second-order valence-corrected chi connectivity index (χ2v) is 7.81. The second kappa shape index (κ2) is 5.01. The lowest BCUT2D eigenvalue weighted by molar-refractivity contribution is 0.0324. The first kappa shape index (κ1) is 13.8. The summed E-state index contributed by atoms with van der Waals surface area (Å²) in [6, 6.07) is 0. The molecular weight excluding hydrogens is 236 g/mol. The van der Waals surface area contributed by atoms with Gasteiger partial charge < -0.3 is 14.5 Å². The smallest absolute Gasteiger partial charge is 0.0538 e. The van der Waals surface area contributed by atoms with Crippen LogP contribution in [0.15, 0.2) is 0 Å². The topological polar surface area (TPSA) is 15.7 Å². The number of hydrogen-bond donors (Lipinski definition) is 0. The molecule has 3 nitrogen and oxygen atoms in total. The molecule has 3 heteroatoms. The van der Waals surface area contributed by atoms with Crippen LogP contribution in [0, 0.1) is 10.8 Å². The fourth-order valence-electron chi connectivity index (χ4n) is 4.00. The third-order valence-electron chi connectivity index (χ3n) is 5.39. The Labute approximate surface area is 118 Å². The van der Waals surface area contributed by atoms with Crippen molar-refractivity contribution in [1.29, 1.82) is 0 Å². The first-order chi connectivity index (χ1) is 9.01. The van der Waals surface area contributed by atoms with Crippen molar-refractivity contribution in [1.82, 2.24) is 9.80 Å². The summed E-state index contributed by atoms with van der Waals surface area (Å²) < 4.78 is 5.88. The first-order valence-electron chi connectivity index (χ1n) is 8.04. The largest absolute Gasteiger partial charge is 0.378 e. The SMILES string of the molecule is CC(C)OCC1(CN2CCC3(CCN(C)C3)C2)CC1. The van der Waals surface area contributed by atoms with Gasteiger partial charge in [0, 0.05) is 25.0 Å². The molecule has 3 fully saturated rings. The van der Waals surface area contributed by atoms with Crippen LogP contribution >= 0.6 is 0 Å². The van der Waals surface area contributed by atoms with E-state index in [0.29, 0.717) is 16.9 Å². The highest BCUT2D eigenvalue weighted by atomic mass is 16.5. The van der Waals surface area contributed by atoms with Crippen molar-refractivity contribution >= 4 is 0 Å². The fourth-order valence-corrected chi connectivity index (χ4v) is 4.00. The van der Waals surface area contributed by atoms with Crippen molar-refractivity contribution in [2.75, 3.05) is 46.4 Å². The fraction of sp³-hybridized carbons (Fsp3) is 1.00. The Hall–Kier alpha value is -0.120. The molecule has 0 aromatic heterocycles. The molecule has 19 heavy (non-hydrogen) atoms. The van der Waals surface area contributed by atoms with Gasteiger partial charge in [0.1, 0.15) is 0 Å². The van der Waals surface area contributed by atoms with Crippen molar-refractivity contribution < 1.29 is 4.74 Å². The molecule has 0 bridgehead atoms. The van der Waals surface area contributed by atoms with Gasteiger partial charge in [-0.25, -0.2) is 0 Å². The van der Waals surface area contributed by atoms with E-state index in [1.54, 1.807) is 0 Å². The Morgan fingerprint density at radius 1 is 1.05 bits per heavy atom. The first-order valence-corrected chi connectivity index (χ1v) is 8.04. The maximum absolute atomic E-state index is 5.88. The van der Waals surface area contributed by atoms with Crippen LogP contribution in [0.4, 0.5) is 0 Å².